The minimum Gasteiger partial charge on any atom is -0.310 e. The van der Waals surface area contributed by atoms with Gasteiger partial charge in [0.1, 0.15) is 0 Å². The van der Waals surface area contributed by atoms with Crippen molar-refractivity contribution in [1.29, 1.82) is 0 Å². The molecule has 1 aliphatic carbocycles. The molecule has 1 aliphatic heterocycles. The summed E-state index contributed by atoms with van der Waals surface area (Å²) < 4.78 is 1.97. The average molecular weight is 767 g/mol. The van der Waals surface area contributed by atoms with E-state index in [1.54, 1.807) is 0 Å². The first kappa shape index (κ1) is 34.3. The molecule has 12 rings (SSSR count). The average Bonchev–Trinajstić information content (AvgIpc) is 3.81. The molecule has 0 saturated heterocycles. The molecule has 8 aromatic carbocycles. The van der Waals surface area contributed by atoms with Crippen LogP contribution >= 0.6 is 0 Å². The molecule has 0 unspecified atom stereocenters. The molecule has 0 bridgehead atoms. The number of nitrogens with zero attached hydrogens (tertiary/aromatic N) is 2. The molecule has 282 valence electrons. The lowest BCUT2D eigenvalue weighted by molar-refractivity contribution is 0.750. The Hall–Kier alpha value is -7.75. The highest BCUT2D eigenvalue weighted by Gasteiger charge is 2.52. The van der Waals surface area contributed by atoms with E-state index in [1.165, 1.54) is 33.4 Å². The maximum atomic E-state index is 14.5. The monoisotopic (exact) mass is 766 g/mol. The second-order valence-electron chi connectivity index (χ2n) is 15.9. The van der Waals surface area contributed by atoms with Crippen molar-refractivity contribution in [3.05, 3.63) is 256 Å². The fourth-order valence-corrected chi connectivity index (χ4v) is 10.5. The van der Waals surface area contributed by atoms with Gasteiger partial charge in [0.05, 0.1) is 27.8 Å². The maximum Gasteiger partial charge on any atom is 0.263 e. The van der Waals surface area contributed by atoms with E-state index in [0.29, 0.717) is 0 Å². The predicted molar refractivity (Wildman–Crippen MR) is 250 cm³/mol. The van der Waals surface area contributed by atoms with Crippen molar-refractivity contribution in [3.63, 3.8) is 0 Å². The third kappa shape index (κ3) is 4.63. The summed E-state index contributed by atoms with van der Waals surface area (Å²) in [5, 5.41) is 5.06. The van der Waals surface area contributed by atoms with E-state index < -0.39 is 5.41 Å². The van der Waals surface area contributed by atoms with Crippen LogP contribution < -0.4 is 10.5 Å². The number of hydrogen-bond acceptors (Lipinski definition) is 2. The van der Waals surface area contributed by atoms with Gasteiger partial charge in [-0.2, -0.15) is 0 Å². The summed E-state index contributed by atoms with van der Waals surface area (Å²) in [6.07, 6.45) is 8.98. The number of benzene rings is 8. The van der Waals surface area contributed by atoms with Crippen molar-refractivity contribution >= 4 is 61.0 Å². The Balaban J connectivity index is 1.14. The Labute approximate surface area is 348 Å². The smallest absolute Gasteiger partial charge is 0.263 e. The van der Waals surface area contributed by atoms with Gasteiger partial charge in [-0.3, -0.25) is 9.20 Å². The van der Waals surface area contributed by atoms with E-state index in [0.717, 1.165) is 71.7 Å². The second-order valence-corrected chi connectivity index (χ2v) is 15.9. The molecule has 0 saturated carbocycles. The number of para-hydroxylation sites is 3. The van der Waals surface area contributed by atoms with Gasteiger partial charge in [-0.15, -0.1) is 0 Å². The number of rotatable bonds is 5. The Bertz CT molecular complexity index is 3470. The van der Waals surface area contributed by atoms with Crippen LogP contribution in [-0.4, -0.2) is 4.40 Å². The number of fused-ring (bicyclic) bond motifs is 15. The molecule has 2 aromatic heterocycles. The summed E-state index contributed by atoms with van der Waals surface area (Å²) in [4.78, 5) is 16.9. The van der Waals surface area contributed by atoms with Gasteiger partial charge in [0, 0.05) is 27.2 Å². The minimum atomic E-state index is -0.624. The lowest BCUT2D eigenvalue weighted by atomic mass is 9.64. The van der Waals surface area contributed by atoms with Crippen molar-refractivity contribution in [1.82, 2.24) is 4.40 Å². The zero-order valence-corrected chi connectivity index (χ0v) is 33.0. The summed E-state index contributed by atoms with van der Waals surface area (Å²) in [7, 11) is 0. The molecule has 0 radical (unpaired) electrons. The van der Waals surface area contributed by atoms with Crippen LogP contribution in [0.15, 0.2) is 217 Å². The lowest BCUT2D eigenvalue weighted by Gasteiger charge is -2.45. The number of anilines is 2. The molecule has 2 aliphatic rings. The fourth-order valence-electron chi connectivity index (χ4n) is 10.5. The van der Waals surface area contributed by atoms with Gasteiger partial charge in [-0.1, -0.05) is 182 Å². The van der Waals surface area contributed by atoms with Crippen LogP contribution in [0.25, 0.3) is 60.7 Å². The molecule has 0 N–H and O–H groups in total. The third-order valence-corrected chi connectivity index (χ3v) is 12.9. The number of allylic oxidation sites excluding steroid dienone is 4. The molecular weight excluding hydrogens is 729 g/mol. The predicted octanol–water partition coefficient (Wildman–Crippen LogP) is 13.7. The minimum absolute atomic E-state index is 0.0228. The lowest BCUT2D eigenvalue weighted by Crippen LogP contribution is -2.37. The first-order valence-electron chi connectivity index (χ1n) is 20.7. The van der Waals surface area contributed by atoms with Gasteiger partial charge in [0.25, 0.3) is 5.56 Å². The van der Waals surface area contributed by atoms with E-state index in [-0.39, 0.29) is 5.56 Å². The molecule has 1 spiro atoms. The standard InChI is InChI=1S/C57H38N2O/c1-2-40(36-39(38-20-7-4-8-21-38)33-32-37-18-5-3-6-19-37)58-50-30-15-13-28-47(50)57(48-29-14-16-31-51(48)58)46-27-12-11-24-44(46)53-49(57)34-35-52-54(53)45-26-17-25-42-41-22-9-10-23-43(41)56(60)59(52)55(42)45/h2-36H,1H3/b33-32+,39-36+,40-2+. The molecule has 0 fully saturated rings. The van der Waals surface area contributed by atoms with E-state index in [2.05, 4.69) is 206 Å². The van der Waals surface area contributed by atoms with Crippen LogP contribution in [0.3, 0.4) is 0 Å². The molecule has 0 amide bonds. The second kappa shape index (κ2) is 13.1. The number of hydrogen-bond donors (Lipinski definition) is 0. The van der Waals surface area contributed by atoms with Crippen molar-refractivity contribution in [3.8, 4) is 11.1 Å². The Morgan fingerprint density at radius 1 is 0.533 bits per heavy atom. The summed E-state index contributed by atoms with van der Waals surface area (Å²) in [6.45, 7) is 2.14. The summed E-state index contributed by atoms with van der Waals surface area (Å²) in [5.74, 6) is 0. The highest BCUT2D eigenvalue weighted by molar-refractivity contribution is 6.24. The van der Waals surface area contributed by atoms with Crippen molar-refractivity contribution in [2.45, 2.75) is 12.3 Å². The maximum absolute atomic E-state index is 14.5. The van der Waals surface area contributed by atoms with Crippen LogP contribution in [0.4, 0.5) is 11.4 Å². The Kier molecular flexibility index (Phi) is 7.51. The summed E-state index contributed by atoms with van der Waals surface area (Å²) in [6, 6.07) is 67.1. The third-order valence-electron chi connectivity index (χ3n) is 12.9. The molecule has 0 atom stereocenters. The van der Waals surface area contributed by atoms with Gasteiger partial charge in [-0.25, -0.2) is 0 Å². The number of pyridine rings is 1. The summed E-state index contributed by atoms with van der Waals surface area (Å²) >= 11 is 0. The largest absolute Gasteiger partial charge is 0.310 e. The van der Waals surface area contributed by atoms with Crippen molar-refractivity contribution in [2.24, 2.45) is 0 Å². The first-order chi connectivity index (χ1) is 29.7. The van der Waals surface area contributed by atoms with Crippen molar-refractivity contribution in [2.75, 3.05) is 4.90 Å². The van der Waals surface area contributed by atoms with E-state index in [9.17, 15) is 4.79 Å². The van der Waals surface area contributed by atoms with Crippen molar-refractivity contribution < 1.29 is 0 Å². The molecule has 10 aromatic rings. The van der Waals surface area contributed by atoms with E-state index in [4.69, 9.17) is 0 Å². The molecule has 3 heterocycles. The number of aromatic nitrogens is 1. The molecule has 3 heteroatoms. The van der Waals surface area contributed by atoms with Crippen LogP contribution in [0.5, 0.6) is 0 Å². The van der Waals surface area contributed by atoms with E-state index >= 15 is 0 Å². The molecule has 3 nitrogen and oxygen atoms in total. The van der Waals surface area contributed by atoms with Crippen LogP contribution in [-0.2, 0) is 5.41 Å². The van der Waals surface area contributed by atoms with Crippen LogP contribution in [0.1, 0.15) is 40.3 Å². The fraction of sp³-hybridized carbons (Fsp3) is 0.0351. The quantitative estimate of drug-likeness (QED) is 0.129. The summed E-state index contributed by atoms with van der Waals surface area (Å²) in [5.41, 5.74) is 15.4. The van der Waals surface area contributed by atoms with Gasteiger partial charge < -0.3 is 4.90 Å². The Morgan fingerprint density at radius 2 is 1.13 bits per heavy atom. The normalized spacial score (nSPS) is 14.4. The SMILES string of the molecule is C\C=C(/C=C(\C=C\c1ccccc1)c1ccccc1)N1c2ccccc2C2(c3ccccc3-c3c2ccc2c3c3cccc4c5ccccc5c(=O)n2c43)c2ccccc21. The zero-order valence-electron chi connectivity index (χ0n) is 33.0. The highest BCUT2D eigenvalue weighted by atomic mass is 16.1. The van der Waals surface area contributed by atoms with Gasteiger partial charge >= 0.3 is 0 Å². The molecule has 60 heavy (non-hydrogen) atoms. The first-order valence-corrected chi connectivity index (χ1v) is 20.7. The van der Waals surface area contributed by atoms with Gasteiger partial charge in [-0.05, 0) is 92.7 Å². The van der Waals surface area contributed by atoms with Gasteiger partial charge in [0.15, 0.2) is 0 Å². The Morgan fingerprint density at radius 3 is 1.87 bits per heavy atom. The van der Waals surface area contributed by atoms with E-state index in [1.807, 2.05) is 22.6 Å². The van der Waals surface area contributed by atoms with Gasteiger partial charge in [0.2, 0.25) is 0 Å². The highest BCUT2D eigenvalue weighted by Crippen LogP contribution is 2.64. The molecular formula is C57H38N2O. The van der Waals surface area contributed by atoms with Crippen LogP contribution in [0, 0.1) is 0 Å². The zero-order chi connectivity index (χ0) is 40.0. The topological polar surface area (TPSA) is 24.7 Å². The van der Waals surface area contributed by atoms with Crippen LogP contribution in [0.2, 0.25) is 0 Å².